The number of aromatic nitrogens is 2. The van der Waals surface area contributed by atoms with E-state index in [1.54, 1.807) is 6.20 Å². The second-order valence-electron chi connectivity index (χ2n) is 8.12. The molecule has 0 saturated carbocycles. The lowest BCUT2D eigenvalue weighted by Crippen LogP contribution is -2.46. The second kappa shape index (κ2) is 10.2. The summed E-state index contributed by atoms with van der Waals surface area (Å²) in [7, 11) is 0. The van der Waals surface area contributed by atoms with Crippen LogP contribution in [0.25, 0.3) is 5.69 Å². The fourth-order valence-corrected chi connectivity index (χ4v) is 4.72. The highest BCUT2D eigenvalue weighted by atomic mass is 32.2. The summed E-state index contributed by atoms with van der Waals surface area (Å²) >= 11 is 1.45. The van der Waals surface area contributed by atoms with Gasteiger partial charge in [-0.25, -0.2) is 4.98 Å². The lowest BCUT2D eigenvalue weighted by molar-refractivity contribution is -0.113. The fourth-order valence-electron chi connectivity index (χ4n) is 3.94. The molecule has 1 fully saturated rings. The number of hydrogen-bond donors (Lipinski definition) is 1. The third-order valence-corrected chi connectivity index (χ3v) is 7.01. The number of benzene rings is 2. The molecule has 168 valence electrons. The number of para-hydroxylation sites is 2. The second-order valence-corrected chi connectivity index (χ2v) is 9.07. The van der Waals surface area contributed by atoms with Crippen molar-refractivity contribution in [1.29, 1.82) is 0 Å². The molecular formula is C25H31N5OS. The normalized spacial score (nSPS) is 14.5. The van der Waals surface area contributed by atoms with Crippen LogP contribution in [-0.2, 0) is 4.79 Å². The number of imidazole rings is 1. The molecule has 1 N–H and O–H groups in total. The van der Waals surface area contributed by atoms with Crippen molar-refractivity contribution < 1.29 is 4.79 Å². The third kappa shape index (κ3) is 5.16. The first-order valence-electron chi connectivity index (χ1n) is 11.1. The van der Waals surface area contributed by atoms with Crippen molar-refractivity contribution in [2.24, 2.45) is 0 Å². The van der Waals surface area contributed by atoms with Crippen molar-refractivity contribution in [2.45, 2.75) is 25.9 Å². The quantitative estimate of drug-likeness (QED) is 0.543. The molecule has 1 aliphatic heterocycles. The molecule has 0 atom stereocenters. The highest BCUT2D eigenvalue weighted by molar-refractivity contribution is 7.99. The van der Waals surface area contributed by atoms with Crippen molar-refractivity contribution in [2.75, 3.05) is 48.7 Å². The summed E-state index contributed by atoms with van der Waals surface area (Å²) in [5.41, 5.74) is 5.53. The summed E-state index contributed by atoms with van der Waals surface area (Å²) in [6.45, 7) is 11.6. The van der Waals surface area contributed by atoms with E-state index in [9.17, 15) is 4.79 Å². The summed E-state index contributed by atoms with van der Waals surface area (Å²) in [5, 5.41) is 3.93. The molecule has 3 aromatic rings. The van der Waals surface area contributed by atoms with Gasteiger partial charge < -0.3 is 15.1 Å². The topological polar surface area (TPSA) is 53.4 Å². The van der Waals surface area contributed by atoms with E-state index in [1.165, 1.54) is 22.9 Å². The maximum Gasteiger partial charge on any atom is 0.234 e. The smallest absolute Gasteiger partial charge is 0.234 e. The zero-order valence-corrected chi connectivity index (χ0v) is 19.9. The Kier molecular flexibility index (Phi) is 7.17. The van der Waals surface area contributed by atoms with Gasteiger partial charge in [0.05, 0.1) is 17.1 Å². The van der Waals surface area contributed by atoms with Crippen LogP contribution in [0.2, 0.25) is 0 Å². The molecule has 1 aliphatic rings. The molecular weight excluding hydrogens is 418 g/mol. The monoisotopic (exact) mass is 449 g/mol. The number of rotatable bonds is 7. The number of anilines is 2. The van der Waals surface area contributed by atoms with Gasteiger partial charge in [0.2, 0.25) is 5.91 Å². The number of likely N-dealkylation sites (N-methyl/N-ethyl adjacent to an activating group) is 1. The van der Waals surface area contributed by atoms with Gasteiger partial charge in [-0.2, -0.15) is 0 Å². The van der Waals surface area contributed by atoms with E-state index in [4.69, 9.17) is 0 Å². The van der Waals surface area contributed by atoms with Crippen LogP contribution in [0.3, 0.4) is 0 Å². The fraction of sp³-hybridized carbons (Fsp3) is 0.360. The summed E-state index contributed by atoms with van der Waals surface area (Å²) in [5.74, 6) is 0.282. The average Bonchev–Trinajstić information content (AvgIpc) is 3.29. The van der Waals surface area contributed by atoms with Crippen LogP contribution in [-0.4, -0.2) is 58.8 Å². The highest BCUT2D eigenvalue weighted by Gasteiger charge is 2.19. The van der Waals surface area contributed by atoms with Gasteiger partial charge in [-0.1, -0.05) is 36.9 Å². The lowest BCUT2D eigenvalue weighted by atomic mass is 10.1. The van der Waals surface area contributed by atoms with Crippen LogP contribution < -0.4 is 10.2 Å². The minimum Gasteiger partial charge on any atom is -0.367 e. The average molecular weight is 450 g/mol. The van der Waals surface area contributed by atoms with Crippen molar-refractivity contribution in [3.63, 3.8) is 0 Å². The molecule has 0 unspecified atom stereocenters. The Labute approximate surface area is 194 Å². The van der Waals surface area contributed by atoms with Crippen molar-refractivity contribution in [1.82, 2.24) is 14.5 Å². The minimum absolute atomic E-state index is 0.0238. The Morgan fingerprint density at radius 2 is 1.84 bits per heavy atom. The number of hydrogen-bond acceptors (Lipinski definition) is 5. The molecule has 7 heteroatoms. The first-order chi connectivity index (χ1) is 15.5. The summed E-state index contributed by atoms with van der Waals surface area (Å²) < 4.78 is 2.03. The largest absolute Gasteiger partial charge is 0.367 e. The zero-order chi connectivity index (χ0) is 22.5. The van der Waals surface area contributed by atoms with E-state index in [1.807, 2.05) is 29.0 Å². The number of nitrogens with zero attached hydrogens (tertiary/aromatic N) is 4. The molecule has 6 nitrogen and oxygen atoms in total. The molecule has 4 rings (SSSR count). The Bertz CT molecular complexity index is 1070. The maximum atomic E-state index is 12.8. The third-order valence-electron chi connectivity index (χ3n) is 6.05. The van der Waals surface area contributed by atoms with E-state index < -0.39 is 0 Å². The van der Waals surface area contributed by atoms with E-state index in [0.717, 1.165) is 54.9 Å². The molecule has 0 radical (unpaired) electrons. The van der Waals surface area contributed by atoms with Crippen LogP contribution >= 0.6 is 11.8 Å². The Morgan fingerprint density at radius 3 is 2.59 bits per heavy atom. The standard InChI is InChI=1S/C25H31N5OS/c1-4-28-13-15-29(16-14-28)23-8-6-5-7-22(23)27-24(31)18-32-25-26-11-12-30(25)21-10-9-19(2)20(3)17-21/h5-12,17H,4,13-16,18H2,1-3H3,(H,27,31). The molecule has 32 heavy (non-hydrogen) atoms. The van der Waals surface area contributed by atoms with Crippen LogP contribution in [0.15, 0.2) is 60.0 Å². The molecule has 0 bridgehead atoms. The van der Waals surface area contributed by atoms with E-state index in [0.29, 0.717) is 5.75 Å². The molecule has 1 aromatic heterocycles. The van der Waals surface area contributed by atoms with Gasteiger partial charge in [-0.05, 0) is 55.8 Å². The number of nitrogens with one attached hydrogen (secondary N) is 1. The van der Waals surface area contributed by atoms with Crippen LogP contribution in [0, 0.1) is 13.8 Å². The van der Waals surface area contributed by atoms with Crippen molar-refractivity contribution >= 4 is 29.0 Å². The molecule has 0 spiro atoms. The molecule has 2 heterocycles. The molecule has 2 aromatic carbocycles. The van der Waals surface area contributed by atoms with Crippen LogP contribution in [0.4, 0.5) is 11.4 Å². The van der Waals surface area contributed by atoms with Gasteiger partial charge >= 0.3 is 0 Å². The van der Waals surface area contributed by atoms with Crippen molar-refractivity contribution in [3.05, 3.63) is 66.0 Å². The summed E-state index contributed by atoms with van der Waals surface area (Å²) in [6, 6.07) is 14.4. The lowest BCUT2D eigenvalue weighted by Gasteiger charge is -2.36. The van der Waals surface area contributed by atoms with Crippen LogP contribution in [0.5, 0.6) is 0 Å². The predicted molar refractivity (Wildman–Crippen MR) is 133 cm³/mol. The Hall–Kier alpha value is -2.77. The predicted octanol–water partition coefficient (Wildman–Crippen LogP) is 4.36. The van der Waals surface area contributed by atoms with Gasteiger partial charge in [0.15, 0.2) is 5.16 Å². The minimum atomic E-state index is -0.0238. The maximum absolute atomic E-state index is 12.8. The van der Waals surface area contributed by atoms with Gasteiger partial charge in [0.25, 0.3) is 0 Å². The first-order valence-corrected chi connectivity index (χ1v) is 12.1. The number of piperazine rings is 1. The highest BCUT2D eigenvalue weighted by Crippen LogP contribution is 2.27. The Morgan fingerprint density at radius 1 is 1.06 bits per heavy atom. The van der Waals surface area contributed by atoms with Gasteiger partial charge in [-0.3, -0.25) is 9.36 Å². The molecule has 0 aliphatic carbocycles. The van der Waals surface area contributed by atoms with E-state index >= 15 is 0 Å². The number of amides is 1. The van der Waals surface area contributed by atoms with E-state index in [-0.39, 0.29) is 5.91 Å². The van der Waals surface area contributed by atoms with Gasteiger partial charge in [0, 0.05) is 44.3 Å². The molecule has 1 amide bonds. The van der Waals surface area contributed by atoms with E-state index in [2.05, 4.69) is 65.1 Å². The zero-order valence-electron chi connectivity index (χ0n) is 19.0. The summed E-state index contributed by atoms with van der Waals surface area (Å²) in [4.78, 5) is 22.1. The van der Waals surface area contributed by atoms with Gasteiger partial charge in [0.1, 0.15) is 0 Å². The van der Waals surface area contributed by atoms with Gasteiger partial charge in [-0.15, -0.1) is 0 Å². The molecule has 1 saturated heterocycles. The number of thioether (sulfide) groups is 1. The summed E-state index contributed by atoms with van der Waals surface area (Å²) in [6.07, 6.45) is 3.72. The van der Waals surface area contributed by atoms with Crippen LogP contribution in [0.1, 0.15) is 18.1 Å². The number of aryl methyl sites for hydroxylation is 2. The number of carbonyl (C=O) groups is 1. The van der Waals surface area contributed by atoms with Crippen molar-refractivity contribution in [3.8, 4) is 5.69 Å². The SMILES string of the molecule is CCN1CCN(c2ccccc2NC(=O)CSc2nccn2-c2ccc(C)c(C)c2)CC1. The number of carbonyl (C=O) groups excluding carboxylic acids is 1. The first kappa shape index (κ1) is 22.4. The Balaban J connectivity index is 1.40.